The van der Waals surface area contributed by atoms with Crippen LogP contribution in [0, 0.1) is 0 Å². The van der Waals surface area contributed by atoms with E-state index in [1.165, 1.54) is 0 Å². The molecule has 0 spiro atoms. The number of ketones is 1. The van der Waals surface area contributed by atoms with Gasteiger partial charge in [-0.15, -0.1) is 0 Å². The maximum Gasteiger partial charge on any atom is 0.377 e. The molecule has 0 unspecified atom stereocenters. The first-order valence-corrected chi connectivity index (χ1v) is 5.26. The summed E-state index contributed by atoms with van der Waals surface area (Å²) in [6.45, 7) is 6.32. The number of aliphatic carboxylic acids is 1. The summed E-state index contributed by atoms with van der Waals surface area (Å²) in [5, 5.41) is 8.56. The van der Waals surface area contributed by atoms with E-state index in [0.717, 1.165) is 12.0 Å². The smallest absolute Gasteiger partial charge is 0.377 e. The Morgan fingerprint density at radius 1 is 1.19 bits per heavy atom. The highest BCUT2D eigenvalue weighted by Gasteiger charge is 2.19. The number of carbonyl (C=O) groups is 2. The van der Waals surface area contributed by atoms with E-state index >= 15 is 0 Å². The molecular formula is C13H16O3. The lowest BCUT2D eigenvalue weighted by Gasteiger charge is -2.23. The fraction of sp³-hybridized carbons (Fsp3) is 0.385. The first-order chi connectivity index (χ1) is 7.38. The number of Topliss-reactive ketones (excluding diaryl/α,β-unsaturated/α-hetero) is 1. The lowest BCUT2D eigenvalue weighted by Crippen LogP contribution is -2.16. The zero-order chi connectivity index (χ0) is 12.3. The van der Waals surface area contributed by atoms with Crippen molar-refractivity contribution in [3.63, 3.8) is 0 Å². The molecule has 1 N–H and O–H groups in total. The van der Waals surface area contributed by atoms with Crippen molar-refractivity contribution in [3.05, 3.63) is 35.4 Å². The maximum absolute atomic E-state index is 11.2. The monoisotopic (exact) mass is 220 g/mol. The molecule has 0 amide bonds. The molecule has 0 heterocycles. The van der Waals surface area contributed by atoms with Crippen LogP contribution >= 0.6 is 0 Å². The van der Waals surface area contributed by atoms with Crippen LogP contribution in [0.25, 0.3) is 0 Å². The van der Waals surface area contributed by atoms with E-state index in [2.05, 4.69) is 20.8 Å². The van der Waals surface area contributed by atoms with Crippen LogP contribution in [0.1, 0.15) is 43.1 Å². The number of hydrogen-bond acceptors (Lipinski definition) is 2. The van der Waals surface area contributed by atoms with Crippen molar-refractivity contribution in [1.82, 2.24) is 0 Å². The standard InChI is InChI=1S/C13H16O3/c1-4-13(2,3)10-7-5-9(6-8-10)11(14)12(15)16/h5-8H,4H2,1-3H3,(H,15,16). The number of carboxylic acid groups (broad SMARTS) is 1. The van der Waals surface area contributed by atoms with Crippen molar-refractivity contribution in [2.75, 3.05) is 0 Å². The molecule has 3 nitrogen and oxygen atoms in total. The summed E-state index contributed by atoms with van der Waals surface area (Å²) in [5.41, 5.74) is 1.38. The van der Waals surface area contributed by atoms with Gasteiger partial charge in [0, 0.05) is 5.56 Å². The van der Waals surface area contributed by atoms with Crippen LogP contribution in [0.3, 0.4) is 0 Å². The minimum Gasteiger partial charge on any atom is -0.475 e. The molecule has 0 fully saturated rings. The van der Waals surface area contributed by atoms with Crippen molar-refractivity contribution < 1.29 is 14.7 Å². The largest absolute Gasteiger partial charge is 0.475 e. The predicted octanol–water partition coefficient (Wildman–Crippen LogP) is 2.64. The number of carboxylic acids is 1. The third-order valence-corrected chi connectivity index (χ3v) is 3.01. The molecule has 0 atom stereocenters. The van der Waals surface area contributed by atoms with Gasteiger partial charge in [0.1, 0.15) is 0 Å². The van der Waals surface area contributed by atoms with E-state index in [9.17, 15) is 9.59 Å². The van der Waals surface area contributed by atoms with Crippen molar-refractivity contribution in [2.45, 2.75) is 32.6 Å². The highest BCUT2D eigenvalue weighted by molar-refractivity contribution is 6.39. The predicted molar refractivity (Wildman–Crippen MR) is 61.7 cm³/mol. The average Bonchev–Trinajstić information content (AvgIpc) is 2.28. The Labute approximate surface area is 95.1 Å². The summed E-state index contributed by atoms with van der Waals surface area (Å²) in [5.74, 6) is -2.27. The minimum absolute atomic E-state index is 0.0464. The second-order valence-electron chi connectivity index (χ2n) is 4.45. The summed E-state index contributed by atoms with van der Waals surface area (Å²) in [7, 11) is 0. The first kappa shape index (κ1) is 12.4. The highest BCUT2D eigenvalue weighted by Crippen LogP contribution is 2.26. The molecule has 1 aromatic carbocycles. The quantitative estimate of drug-likeness (QED) is 0.627. The molecule has 0 aliphatic heterocycles. The van der Waals surface area contributed by atoms with E-state index in [0.29, 0.717) is 0 Å². The van der Waals surface area contributed by atoms with E-state index in [-0.39, 0.29) is 11.0 Å². The summed E-state index contributed by atoms with van der Waals surface area (Å²) in [6.07, 6.45) is 0.985. The van der Waals surface area contributed by atoms with Crippen molar-refractivity contribution >= 4 is 11.8 Å². The Kier molecular flexibility index (Phi) is 3.48. The molecule has 0 aromatic heterocycles. The van der Waals surface area contributed by atoms with Gasteiger partial charge in [-0.3, -0.25) is 4.79 Å². The molecular weight excluding hydrogens is 204 g/mol. The van der Waals surface area contributed by atoms with Gasteiger partial charge in [0.05, 0.1) is 0 Å². The molecule has 1 rings (SSSR count). The second-order valence-corrected chi connectivity index (χ2v) is 4.45. The molecule has 86 valence electrons. The van der Waals surface area contributed by atoms with Crippen LogP contribution in [-0.4, -0.2) is 16.9 Å². The molecule has 0 aliphatic rings. The van der Waals surface area contributed by atoms with Crippen molar-refractivity contribution in [1.29, 1.82) is 0 Å². The fourth-order valence-corrected chi connectivity index (χ4v) is 1.40. The van der Waals surface area contributed by atoms with Gasteiger partial charge in [0.25, 0.3) is 5.78 Å². The molecule has 3 heteroatoms. The van der Waals surface area contributed by atoms with Crippen LogP contribution in [0.15, 0.2) is 24.3 Å². The third-order valence-electron chi connectivity index (χ3n) is 3.01. The SMILES string of the molecule is CCC(C)(C)c1ccc(C(=O)C(=O)O)cc1. The van der Waals surface area contributed by atoms with Gasteiger partial charge < -0.3 is 5.11 Å². The third kappa shape index (κ3) is 2.48. The Bertz CT molecular complexity index is 402. The lowest BCUT2D eigenvalue weighted by atomic mass is 9.82. The summed E-state index contributed by atoms with van der Waals surface area (Å²) >= 11 is 0. The van der Waals surface area contributed by atoms with E-state index in [1.54, 1.807) is 12.1 Å². The minimum atomic E-state index is -1.41. The fourth-order valence-electron chi connectivity index (χ4n) is 1.40. The van der Waals surface area contributed by atoms with Gasteiger partial charge in [0.15, 0.2) is 0 Å². The van der Waals surface area contributed by atoms with Gasteiger partial charge in [-0.25, -0.2) is 4.79 Å². The molecule has 16 heavy (non-hydrogen) atoms. The Morgan fingerprint density at radius 3 is 2.06 bits per heavy atom. The van der Waals surface area contributed by atoms with Crippen LogP contribution in [0.2, 0.25) is 0 Å². The average molecular weight is 220 g/mol. The Morgan fingerprint density at radius 2 is 1.69 bits per heavy atom. The molecule has 0 saturated carbocycles. The lowest BCUT2D eigenvalue weighted by molar-refractivity contribution is -0.131. The van der Waals surface area contributed by atoms with Gasteiger partial charge in [0.2, 0.25) is 0 Å². The van der Waals surface area contributed by atoms with Gasteiger partial charge >= 0.3 is 5.97 Å². The number of benzene rings is 1. The van der Waals surface area contributed by atoms with E-state index < -0.39 is 11.8 Å². The van der Waals surface area contributed by atoms with Crippen LogP contribution in [0.4, 0.5) is 0 Å². The summed E-state index contributed by atoms with van der Waals surface area (Å²) < 4.78 is 0. The van der Waals surface area contributed by atoms with Gasteiger partial charge in [-0.2, -0.15) is 0 Å². The van der Waals surface area contributed by atoms with Crippen LogP contribution < -0.4 is 0 Å². The number of rotatable bonds is 4. The zero-order valence-electron chi connectivity index (χ0n) is 9.78. The molecule has 0 saturated heterocycles. The number of hydrogen-bond donors (Lipinski definition) is 1. The first-order valence-electron chi connectivity index (χ1n) is 5.26. The molecule has 0 radical (unpaired) electrons. The topological polar surface area (TPSA) is 54.4 Å². The van der Waals surface area contributed by atoms with E-state index in [4.69, 9.17) is 5.11 Å². The van der Waals surface area contributed by atoms with Crippen molar-refractivity contribution in [2.24, 2.45) is 0 Å². The molecule has 0 aliphatic carbocycles. The van der Waals surface area contributed by atoms with Crippen LogP contribution in [-0.2, 0) is 10.2 Å². The highest BCUT2D eigenvalue weighted by atomic mass is 16.4. The Balaban J connectivity index is 3.00. The van der Waals surface area contributed by atoms with E-state index in [1.807, 2.05) is 12.1 Å². The van der Waals surface area contributed by atoms with Crippen molar-refractivity contribution in [3.8, 4) is 0 Å². The Hall–Kier alpha value is -1.64. The molecule has 1 aromatic rings. The maximum atomic E-state index is 11.2. The normalized spacial score (nSPS) is 11.2. The number of carbonyl (C=O) groups excluding carboxylic acids is 1. The van der Waals surface area contributed by atoms with Gasteiger partial charge in [-0.05, 0) is 17.4 Å². The van der Waals surface area contributed by atoms with Crippen LogP contribution in [0.5, 0.6) is 0 Å². The van der Waals surface area contributed by atoms with Gasteiger partial charge in [-0.1, -0.05) is 45.0 Å². The molecule has 0 bridgehead atoms. The second kappa shape index (κ2) is 4.47. The zero-order valence-corrected chi connectivity index (χ0v) is 9.78. The summed E-state index contributed by atoms with van der Waals surface area (Å²) in [4.78, 5) is 21.7. The summed E-state index contributed by atoms with van der Waals surface area (Å²) in [6, 6.07) is 6.78.